The number of nitrogens with zero attached hydrogens (tertiary/aromatic N) is 2. The van der Waals surface area contributed by atoms with Crippen molar-refractivity contribution in [2.45, 2.75) is 18.9 Å². The van der Waals surface area contributed by atoms with Gasteiger partial charge in [0.1, 0.15) is 5.82 Å². The van der Waals surface area contributed by atoms with E-state index in [9.17, 15) is 9.59 Å². The van der Waals surface area contributed by atoms with E-state index < -0.39 is 0 Å². The van der Waals surface area contributed by atoms with E-state index in [-0.39, 0.29) is 24.5 Å². The van der Waals surface area contributed by atoms with Crippen LogP contribution in [0, 0.1) is 0 Å². The molecule has 1 saturated heterocycles. The summed E-state index contributed by atoms with van der Waals surface area (Å²) in [6.07, 6.45) is 3.24. The Morgan fingerprint density at radius 3 is 2.70 bits per heavy atom. The summed E-state index contributed by atoms with van der Waals surface area (Å²) in [7, 11) is 0. The molecule has 108 valence electrons. The van der Waals surface area contributed by atoms with Crippen molar-refractivity contribution in [2.24, 2.45) is 5.73 Å². The number of amides is 3. The number of pyridine rings is 1. The first-order valence-corrected chi connectivity index (χ1v) is 6.62. The van der Waals surface area contributed by atoms with Crippen molar-refractivity contribution < 1.29 is 9.59 Å². The van der Waals surface area contributed by atoms with Gasteiger partial charge in [0.05, 0.1) is 6.54 Å². The van der Waals surface area contributed by atoms with Gasteiger partial charge in [0.25, 0.3) is 0 Å². The lowest BCUT2D eigenvalue weighted by atomic mass is 10.1. The predicted octanol–water partition coefficient (Wildman–Crippen LogP) is 0.153. The molecule has 0 atom stereocenters. The monoisotopic (exact) mass is 277 g/mol. The summed E-state index contributed by atoms with van der Waals surface area (Å²) in [4.78, 5) is 28.6. The molecule has 4 N–H and O–H groups in total. The molecule has 0 unspecified atom stereocenters. The van der Waals surface area contributed by atoms with E-state index in [0.29, 0.717) is 5.82 Å². The van der Waals surface area contributed by atoms with Crippen LogP contribution in [0.25, 0.3) is 0 Å². The number of nitrogens with two attached hydrogens (primary N) is 1. The molecule has 7 heteroatoms. The number of nitrogens with one attached hydrogen (secondary N) is 2. The van der Waals surface area contributed by atoms with E-state index >= 15 is 0 Å². The molecular weight excluding hydrogens is 258 g/mol. The topological polar surface area (TPSA) is 100 Å². The second kappa shape index (κ2) is 6.85. The Morgan fingerprint density at radius 1 is 1.35 bits per heavy atom. The minimum Gasteiger partial charge on any atom is -0.369 e. The summed E-state index contributed by atoms with van der Waals surface area (Å²) in [6, 6.07) is 5.19. The lowest BCUT2D eigenvalue weighted by Crippen LogP contribution is -2.47. The lowest BCUT2D eigenvalue weighted by molar-refractivity contribution is -0.119. The number of carbonyl (C=O) groups is 2. The number of carbonyl (C=O) groups excluding carboxylic acids is 2. The largest absolute Gasteiger partial charge is 0.369 e. The Kier molecular flexibility index (Phi) is 4.89. The van der Waals surface area contributed by atoms with E-state index in [1.165, 1.54) is 0 Å². The van der Waals surface area contributed by atoms with Crippen molar-refractivity contribution in [1.29, 1.82) is 0 Å². The van der Waals surface area contributed by atoms with Crippen LogP contribution in [-0.2, 0) is 4.79 Å². The minimum absolute atomic E-state index is 0.114. The number of likely N-dealkylation sites (tertiary alicyclic amines) is 1. The molecule has 1 fully saturated rings. The lowest BCUT2D eigenvalue weighted by Gasteiger charge is -2.31. The number of aromatic nitrogens is 1. The Labute approximate surface area is 117 Å². The molecule has 1 aliphatic heterocycles. The van der Waals surface area contributed by atoms with Gasteiger partial charge in [0.15, 0.2) is 0 Å². The third-order valence-electron chi connectivity index (χ3n) is 3.21. The number of primary amides is 1. The van der Waals surface area contributed by atoms with Gasteiger partial charge in [0.2, 0.25) is 5.91 Å². The normalized spacial score (nSPS) is 16.6. The van der Waals surface area contributed by atoms with Crippen LogP contribution < -0.4 is 16.4 Å². The van der Waals surface area contributed by atoms with E-state index in [4.69, 9.17) is 5.73 Å². The highest BCUT2D eigenvalue weighted by molar-refractivity contribution is 5.88. The van der Waals surface area contributed by atoms with Crippen LogP contribution in [-0.4, -0.2) is 47.5 Å². The molecule has 7 nitrogen and oxygen atoms in total. The number of anilines is 1. The summed E-state index contributed by atoms with van der Waals surface area (Å²) in [5.74, 6) is 0.209. The molecule has 2 rings (SSSR count). The first-order chi connectivity index (χ1) is 9.63. The van der Waals surface area contributed by atoms with Gasteiger partial charge < -0.3 is 11.1 Å². The van der Waals surface area contributed by atoms with Gasteiger partial charge in [-0.25, -0.2) is 9.78 Å². The maximum Gasteiger partial charge on any atom is 0.320 e. The van der Waals surface area contributed by atoms with Crippen LogP contribution in [0.2, 0.25) is 0 Å². The molecule has 20 heavy (non-hydrogen) atoms. The molecule has 3 amide bonds. The van der Waals surface area contributed by atoms with Crippen molar-refractivity contribution in [3.05, 3.63) is 24.4 Å². The van der Waals surface area contributed by atoms with Crippen LogP contribution in [0.5, 0.6) is 0 Å². The Hall–Kier alpha value is -2.15. The fourth-order valence-electron chi connectivity index (χ4n) is 2.23. The average Bonchev–Trinajstić information content (AvgIpc) is 2.41. The van der Waals surface area contributed by atoms with Gasteiger partial charge in [-0.3, -0.25) is 15.0 Å². The third kappa shape index (κ3) is 4.51. The van der Waals surface area contributed by atoms with Crippen LogP contribution in [0.15, 0.2) is 24.4 Å². The molecule has 0 spiro atoms. The van der Waals surface area contributed by atoms with Gasteiger partial charge in [0, 0.05) is 25.3 Å². The van der Waals surface area contributed by atoms with Crippen molar-refractivity contribution in [2.75, 3.05) is 25.0 Å². The molecule has 0 bridgehead atoms. The Balaban J connectivity index is 1.72. The summed E-state index contributed by atoms with van der Waals surface area (Å²) in [5.41, 5.74) is 5.16. The van der Waals surface area contributed by atoms with Crippen molar-refractivity contribution >= 4 is 17.8 Å². The quantitative estimate of drug-likeness (QED) is 0.729. The summed E-state index contributed by atoms with van der Waals surface area (Å²) < 4.78 is 0. The highest BCUT2D eigenvalue weighted by Gasteiger charge is 2.21. The van der Waals surface area contributed by atoms with Crippen molar-refractivity contribution in [3.8, 4) is 0 Å². The van der Waals surface area contributed by atoms with Crippen LogP contribution in [0.4, 0.5) is 10.6 Å². The number of rotatable bonds is 4. The zero-order valence-corrected chi connectivity index (χ0v) is 11.2. The number of piperidine rings is 1. The number of urea groups is 1. The van der Waals surface area contributed by atoms with Gasteiger partial charge in [-0.05, 0) is 25.0 Å². The second-order valence-electron chi connectivity index (χ2n) is 4.83. The fourth-order valence-corrected chi connectivity index (χ4v) is 2.23. The molecule has 0 aliphatic carbocycles. The fraction of sp³-hybridized carbons (Fsp3) is 0.462. The van der Waals surface area contributed by atoms with Gasteiger partial charge in [-0.1, -0.05) is 6.07 Å². The van der Waals surface area contributed by atoms with E-state index in [1.807, 2.05) is 11.0 Å². The molecule has 1 aromatic rings. The maximum absolute atomic E-state index is 11.8. The number of hydrogen-bond donors (Lipinski definition) is 3. The zero-order chi connectivity index (χ0) is 14.4. The summed E-state index contributed by atoms with van der Waals surface area (Å²) in [6.45, 7) is 1.81. The van der Waals surface area contributed by atoms with Crippen molar-refractivity contribution in [1.82, 2.24) is 15.2 Å². The Morgan fingerprint density at radius 2 is 2.10 bits per heavy atom. The van der Waals surface area contributed by atoms with E-state index in [1.54, 1.807) is 18.3 Å². The summed E-state index contributed by atoms with van der Waals surface area (Å²) in [5, 5.41) is 5.59. The van der Waals surface area contributed by atoms with Crippen LogP contribution in [0.3, 0.4) is 0 Å². The smallest absolute Gasteiger partial charge is 0.320 e. The first-order valence-electron chi connectivity index (χ1n) is 6.62. The maximum atomic E-state index is 11.8. The molecule has 0 saturated carbocycles. The first kappa shape index (κ1) is 14.3. The SMILES string of the molecule is NC(=O)CN1CCC(NC(=O)Nc2ccccn2)CC1. The standard InChI is InChI=1S/C13H19N5O2/c14-11(19)9-18-7-4-10(5-8-18)16-13(20)17-12-3-1-2-6-15-12/h1-3,6,10H,4-5,7-9H2,(H2,14,19)(H2,15,16,17,20). The van der Waals surface area contributed by atoms with E-state index in [2.05, 4.69) is 15.6 Å². The third-order valence-corrected chi connectivity index (χ3v) is 3.21. The molecular formula is C13H19N5O2. The van der Waals surface area contributed by atoms with Crippen LogP contribution in [0.1, 0.15) is 12.8 Å². The van der Waals surface area contributed by atoms with Gasteiger partial charge in [-0.2, -0.15) is 0 Å². The van der Waals surface area contributed by atoms with Gasteiger partial charge in [-0.15, -0.1) is 0 Å². The van der Waals surface area contributed by atoms with Gasteiger partial charge >= 0.3 is 6.03 Å². The summed E-state index contributed by atoms with van der Waals surface area (Å²) >= 11 is 0. The second-order valence-corrected chi connectivity index (χ2v) is 4.83. The highest BCUT2D eigenvalue weighted by Crippen LogP contribution is 2.10. The van der Waals surface area contributed by atoms with Crippen molar-refractivity contribution in [3.63, 3.8) is 0 Å². The number of hydrogen-bond acceptors (Lipinski definition) is 4. The van der Waals surface area contributed by atoms with E-state index in [0.717, 1.165) is 25.9 Å². The molecule has 1 aliphatic rings. The predicted molar refractivity (Wildman–Crippen MR) is 75.0 cm³/mol. The minimum atomic E-state index is -0.315. The molecule has 1 aromatic heterocycles. The van der Waals surface area contributed by atoms with Crippen LogP contribution >= 0.6 is 0 Å². The highest BCUT2D eigenvalue weighted by atomic mass is 16.2. The Bertz CT molecular complexity index is 457. The molecule has 2 heterocycles. The molecule has 0 aromatic carbocycles. The average molecular weight is 277 g/mol. The zero-order valence-electron chi connectivity index (χ0n) is 11.2. The molecule has 0 radical (unpaired) electrons.